The highest BCUT2D eigenvalue weighted by atomic mass is 16.7. The number of ether oxygens (including phenoxy) is 3. The number of aliphatic imine (C=N–C) groups is 1. The van der Waals surface area contributed by atoms with E-state index in [9.17, 15) is 14.4 Å². The van der Waals surface area contributed by atoms with Crippen molar-refractivity contribution in [3.05, 3.63) is 11.8 Å². The molecule has 1 amide bonds. The number of amides is 1. The van der Waals surface area contributed by atoms with E-state index in [0.717, 1.165) is 33.1 Å². The topological polar surface area (TPSA) is 125 Å². The van der Waals surface area contributed by atoms with Crippen LogP contribution in [0.4, 0.5) is 4.79 Å². The second-order valence-electron chi connectivity index (χ2n) is 6.69. The van der Waals surface area contributed by atoms with E-state index in [1.165, 1.54) is 0 Å². The van der Waals surface area contributed by atoms with Crippen molar-refractivity contribution in [2.45, 2.75) is 51.7 Å². The second kappa shape index (κ2) is 10.4. The molecule has 0 bridgehead atoms. The summed E-state index contributed by atoms with van der Waals surface area (Å²) in [7, 11) is 2.31. The van der Waals surface area contributed by atoms with Crippen LogP contribution in [-0.2, 0) is 28.6 Å². The minimum absolute atomic E-state index is 0.304. The van der Waals surface area contributed by atoms with E-state index in [-0.39, 0.29) is 0 Å². The van der Waals surface area contributed by atoms with Gasteiger partial charge in [0.25, 0.3) is 0 Å². The van der Waals surface area contributed by atoms with Gasteiger partial charge in [-0.15, -0.1) is 0 Å². The lowest BCUT2D eigenvalue weighted by Gasteiger charge is -2.24. The fourth-order valence-electron chi connectivity index (χ4n) is 2.10. The molecule has 1 heterocycles. The summed E-state index contributed by atoms with van der Waals surface area (Å²) in [4.78, 5) is 44.7. The maximum atomic E-state index is 12.1. The molecule has 1 rings (SSSR count). The predicted molar refractivity (Wildman–Crippen MR) is 95.6 cm³/mol. The number of nitrogens with one attached hydrogen (secondary N) is 2. The van der Waals surface area contributed by atoms with Crippen LogP contribution in [0.25, 0.3) is 0 Å². The normalized spacial score (nSPS) is 17.7. The average Bonchev–Trinajstić information content (AvgIpc) is 2.81. The second-order valence-corrected chi connectivity index (χ2v) is 6.69. The zero-order valence-corrected chi connectivity index (χ0v) is 16.3. The number of nitrogens with zero attached hydrogens (tertiary/aromatic N) is 1. The smallest absolute Gasteiger partial charge is 0.408 e. The molecule has 0 saturated carbocycles. The monoisotopic (exact) mass is 385 g/mol. The van der Waals surface area contributed by atoms with E-state index >= 15 is 0 Å². The molecular formula is C17H27N3O7. The molecule has 152 valence electrons. The van der Waals surface area contributed by atoms with Gasteiger partial charge >= 0.3 is 18.0 Å². The number of hydrogen-bond acceptors (Lipinski definition) is 9. The molecule has 1 aliphatic heterocycles. The summed E-state index contributed by atoms with van der Waals surface area (Å²) < 4.78 is 14.3. The number of esters is 2. The van der Waals surface area contributed by atoms with Crippen molar-refractivity contribution in [1.29, 1.82) is 0 Å². The van der Waals surface area contributed by atoms with Gasteiger partial charge < -0.3 is 24.4 Å². The molecule has 0 aliphatic carbocycles. The number of alkyl carbamates (subject to hydrolysis) is 1. The fourth-order valence-corrected chi connectivity index (χ4v) is 2.10. The SMILES string of the molecule is COC(=O)/C=C(/ONC1=NCCCC[C@@H]1NC(=O)OC(C)(C)C)C(=O)OC. The molecule has 0 unspecified atom stereocenters. The molecule has 0 spiro atoms. The van der Waals surface area contributed by atoms with Crippen LogP contribution in [0.2, 0.25) is 0 Å². The molecule has 0 saturated heterocycles. The number of amidine groups is 1. The molecule has 1 aliphatic rings. The Morgan fingerprint density at radius 1 is 1.15 bits per heavy atom. The van der Waals surface area contributed by atoms with Crippen molar-refractivity contribution in [3.8, 4) is 0 Å². The van der Waals surface area contributed by atoms with Gasteiger partial charge in [-0.1, -0.05) is 0 Å². The van der Waals surface area contributed by atoms with Crippen molar-refractivity contribution >= 4 is 23.9 Å². The third kappa shape index (κ3) is 8.43. The summed E-state index contributed by atoms with van der Waals surface area (Å²) in [6, 6.07) is -0.501. The highest BCUT2D eigenvalue weighted by Gasteiger charge is 2.25. The van der Waals surface area contributed by atoms with Crippen LogP contribution in [0.15, 0.2) is 16.8 Å². The lowest BCUT2D eigenvalue weighted by atomic mass is 10.1. The van der Waals surface area contributed by atoms with E-state index < -0.39 is 35.4 Å². The fraction of sp³-hybridized carbons (Fsp3) is 0.647. The Hall–Kier alpha value is -2.78. The van der Waals surface area contributed by atoms with Gasteiger partial charge in [0.2, 0.25) is 5.76 Å². The molecule has 10 nitrogen and oxygen atoms in total. The molecule has 2 N–H and O–H groups in total. The van der Waals surface area contributed by atoms with Gasteiger partial charge in [0.15, 0.2) is 5.84 Å². The highest BCUT2D eigenvalue weighted by Crippen LogP contribution is 2.11. The van der Waals surface area contributed by atoms with Crippen LogP contribution in [0, 0.1) is 0 Å². The molecule has 0 fully saturated rings. The third-order valence-electron chi connectivity index (χ3n) is 3.31. The summed E-state index contributed by atoms with van der Waals surface area (Å²) in [5.41, 5.74) is 1.89. The Balaban J connectivity index is 2.84. The van der Waals surface area contributed by atoms with Gasteiger partial charge in [0, 0.05) is 6.54 Å². The summed E-state index contributed by atoms with van der Waals surface area (Å²) in [6.45, 7) is 5.80. The van der Waals surface area contributed by atoms with E-state index in [1.807, 2.05) is 0 Å². The minimum Gasteiger partial charge on any atom is -0.466 e. The Labute approximate surface area is 158 Å². The van der Waals surface area contributed by atoms with E-state index in [0.29, 0.717) is 18.8 Å². The first-order valence-electron chi connectivity index (χ1n) is 8.51. The molecule has 10 heteroatoms. The summed E-state index contributed by atoms with van der Waals surface area (Å²) in [5.74, 6) is -1.77. The van der Waals surface area contributed by atoms with Crippen LogP contribution < -0.4 is 10.8 Å². The van der Waals surface area contributed by atoms with E-state index in [4.69, 9.17) is 9.57 Å². The maximum absolute atomic E-state index is 12.1. The van der Waals surface area contributed by atoms with Crippen molar-refractivity contribution in [2.24, 2.45) is 4.99 Å². The first kappa shape index (κ1) is 22.3. The zero-order valence-electron chi connectivity index (χ0n) is 16.3. The number of methoxy groups -OCH3 is 2. The van der Waals surface area contributed by atoms with Gasteiger partial charge in [-0.25, -0.2) is 19.9 Å². The highest BCUT2D eigenvalue weighted by molar-refractivity contribution is 5.95. The molecule has 27 heavy (non-hydrogen) atoms. The molecular weight excluding hydrogens is 358 g/mol. The van der Waals surface area contributed by atoms with E-state index in [1.54, 1.807) is 20.8 Å². The summed E-state index contributed by atoms with van der Waals surface area (Å²) in [5, 5.41) is 2.72. The van der Waals surface area contributed by atoms with Gasteiger partial charge in [0.1, 0.15) is 5.60 Å². The van der Waals surface area contributed by atoms with Crippen LogP contribution >= 0.6 is 0 Å². The van der Waals surface area contributed by atoms with Crippen LogP contribution in [0.5, 0.6) is 0 Å². The molecule has 0 aromatic carbocycles. The van der Waals surface area contributed by atoms with Crippen molar-refractivity contribution in [1.82, 2.24) is 10.8 Å². The lowest BCUT2D eigenvalue weighted by molar-refractivity contribution is -0.142. The quantitative estimate of drug-likeness (QED) is 0.238. The predicted octanol–water partition coefficient (Wildman–Crippen LogP) is 1.21. The number of carbonyl (C=O) groups excluding carboxylic acids is 3. The maximum Gasteiger partial charge on any atom is 0.408 e. The van der Waals surface area contributed by atoms with Crippen LogP contribution in [-0.4, -0.2) is 56.3 Å². The first-order chi connectivity index (χ1) is 12.7. The summed E-state index contributed by atoms with van der Waals surface area (Å²) >= 11 is 0. The van der Waals surface area contributed by atoms with Crippen LogP contribution in [0.1, 0.15) is 40.0 Å². The lowest BCUT2D eigenvalue weighted by Crippen LogP contribution is -2.48. The van der Waals surface area contributed by atoms with E-state index in [2.05, 4.69) is 25.3 Å². The summed E-state index contributed by atoms with van der Waals surface area (Å²) in [6.07, 6.45) is 2.51. The average molecular weight is 385 g/mol. The van der Waals surface area contributed by atoms with Crippen molar-refractivity contribution in [3.63, 3.8) is 0 Å². The third-order valence-corrected chi connectivity index (χ3v) is 3.31. The number of carbonyl (C=O) groups is 3. The molecule has 0 aromatic rings. The Morgan fingerprint density at radius 3 is 2.44 bits per heavy atom. The minimum atomic E-state index is -0.876. The molecule has 0 aromatic heterocycles. The Kier molecular flexibility index (Phi) is 8.57. The van der Waals surface area contributed by atoms with Gasteiger partial charge in [0.05, 0.1) is 26.3 Å². The zero-order chi connectivity index (χ0) is 20.4. The molecule has 1 atom stereocenters. The van der Waals surface area contributed by atoms with Crippen molar-refractivity contribution < 1.29 is 33.4 Å². The number of hydrogen-bond donors (Lipinski definition) is 2. The Morgan fingerprint density at radius 2 is 1.85 bits per heavy atom. The standard InChI is InChI=1S/C17H27N3O7/c1-17(2,3)26-16(23)19-11-8-6-7-9-18-14(11)20-27-12(15(22)25-5)10-13(21)24-4/h10-11H,6-9H2,1-5H3,(H,18,20)(H,19,23)/b12-10+/t11-/m0/s1. The number of rotatable bonds is 5. The van der Waals surface area contributed by atoms with Crippen LogP contribution in [0.3, 0.4) is 0 Å². The Bertz CT molecular complexity index is 608. The first-order valence-corrected chi connectivity index (χ1v) is 8.51. The van der Waals surface area contributed by atoms with Gasteiger partial charge in [-0.3, -0.25) is 4.99 Å². The largest absolute Gasteiger partial charge is 0.466 e. The molecule has 0 radical (unpaired) electrons. The number of hydroxylamine groups is 1. The van der Waals surface area contributed by atoms with Gasteiger partial charge in [-0.2, -0.15) is 0 Å². The van der Waals surface area contributed by atoms with Crippen molar-refractivity contribution in [2.75, 3.05) is 20.8 Å². The van der Waals surface area contributed by atoms with Gasteiger partial charge in [-0.05, 0) is 40.0 Å².